The lowest BCUT2D eigenvalue weighted by molar-refractivity contribution is -0.384. The van der Waals surface area contributed by atoms with Crippen LogP contribution in [0.4, 0.5) is 5.69 Å². The molecule has 0 unspecified atom stereocenters. The number of para-hydroxylation sites is 1. The third kappa shape index (κ3) is 4.29. The predicted molar refractivity (Wildman–Crippen MR) is 115 cm³/mol. The first kappa shape index (κ1) is 20.2. The van der Waals surface area contributed by atoms with E-state index in [1.807, 2.05) is 31.2 Å². The third-order valence-electron chi connectivity index (χ3n) is 4.90. The maximum absolute atomic E-state index is 13.0. The minimum atomic E-state index is -1.01. The van der Waals surface area contributed by atoms with Crippen molar-refractivity contribution in [3.8, 4) is 11.5 Å². The van der Waals surface area contributed by atoms with Crippen LogP contribution in [0.25, 0.3) is 22.4 Å². The predicted octanol–water partition coefficient (Wildman–Crippen LogP) is 4.17. The Bertz CT molecular complexity index is 1260. The Morgan fingerprint density at radius 1 is 1.16 bits per heavy atom. The molecule has 8 heteroatoms. The van der Waals surface area contributed by atoms with Crippen LogP contribution in [-0.4, -0.2) is 27.5 Å². The highest BCUT2D eigenvalue weighted by Crippen LogP contribution is 2.26. The van der Waals surface area contributed by atoms with E-state index in [0.29, 0.717) is 33.5 Å². The average Bonchev–Trinajstić information content (AvgIpc) is 3.22. The number of nitro groups is 1. The van der Waals surface area contributed by atoms with Crippen molar-refractivity contribution in [3.63, 3.8) is 0 Å². The van der Waals surface area contributed by atoms with E-state index in [1.165, 1.54) is 24.3 Å². The van der Waals surface area contributed by atoms with Crippen LogP contribution >= 0.6 is 0 Å². The number of furan rings is 1. The Hall–Kier alpha value is -4.04. The number of nitrogens with zero attached hydrogens (tertiary/aromatic N) is 2. The lowest BCUT2D eigenvalue weighted by Crippen LogP contribution is -2.28. The van der Waals surface area contributed by atoms with Crippen molar-refractivity contribution in [3.05, 3.63) is 93.7 Å². The van der Waals surface area contributed by atoms with E-state index in [-0.39, 0.29) is 18.1 Å². The summed E-state index contributed by atoms with van der Waals surface area (Å²) in [7, 11) is 0. The highest BCUT2D eigenvalue weighted by Gasteiger charge is 2.17. The Morgan fingerprint density at radius 3 is 2.58 bits per heavy atom. The number of aliphatic hydroxyl groups is 1. The molecule has 2 aromatic heterocycles. The number of hydrogen-bond acceptors (Lipinski definition) is 6. The summed E-state index contributed by atoms with van der Waals surface area (Å²) in [4.78, 5) is 27.8. The van der Waals surface area contributed by atoms with E-state index >= 15 is 0 Å². The number of aliphatic hydroxyl groups excluding tert-OH is 1. The molecule has 8 nitrogen and oxygen atoms in total. The van der Waals surface area contributed by atoms with E-state index in [0.717, 1.165) is 5.76 Å². The van der Waals surface area contributed by atoms with Gasteiger partial charge in [-0.05, 0) is 48.9 Å². The molecule has 2 aromatic carbocycles. The average molecular weight is 417 g/mol. The first-order valence-electron chi connectivity index (χ1n) is 9.59. The maximum atomic E-state index is 13.0. The van der Waals surface area contributed by atoms with E-state index < -0.39 is 11.0 Å². The first-order valence-corrected chi connectivity index (χ1v) is 9.59. The molecule has 0 aliphatic rings. The van der Waals surface area contributed by atoms with Gasteiger partial charge < -0.3 is 14.8 Å². The number of benzene rings is 2. The van der Waals surface area contributed by atoms with Crippen molar-refractivity contribution < 1.29 is 19.2 Å². The highest BCUT2D eigenvalue weighted by atomic mass is 16.6. The number of amides is 1. The number of non-ortho nitro benzene ring substituents is 1. The van der Waals surface area contributed by atoms with Gasteiger partial charge in [-0.2, -0.15) is 0 Å². The smallest absolute Gasteiger partial charge is 0.269 e. The molecule has 156 valence electrons. The molecular weight excluding hydrogens is 398 g/mol. The Labute approximate surface area is 177 Å². The van der Waals surface area contributed by atoms with Crippen LogP contribution in [0, 0.1) is 17.0 Å². The molecular formula is C23H19N3O5. The van der Waals surface area contributed by atoms with Crippen molar-refractivity contribution in [2.75, 3.05) is 6.54 Å². The van der Waals surface area contributed by atoms with Gasteiger partial charge in [-0.15, -0.1) is 0 Å². The van der Waals surface area contributed by atoms with E-state index in [4.69, 9.17) is 4.42 Å². The standard InChI is InChI=1S/C23H19N3O5/c1-14-6-11-22(31-14)20-12-18(17-4-2-3-5-19(17)25-20)23(28)24-13-21(27)15-7-9-16(10-8-15)26(29)30/h2-12,21,27H,13H2,1H3,(H,24,28)/t21-/m1/s1. The van der Waals surface area contributed by atoms with E-state index in [2.05, 4.69) is 10.3 Å². The third-order valence-corrected chi connectivity index (χ3v) is 4.90. The van der Waals surface area contributed by atoms with Crippen molar-refractivity contribution >= 4 is 22.5 Å². The van der Waals surface area contributed by atoms with E-state index in [1.54, 1.807) is 18.2 Å². The SMILES string of the molecule is Cc1ccc(-c2cc(C(=O)NC[C@@H](O)c3ccc([N+](=O)[O-])cc3)c3ccccc3n2)o1. The van der Waals surface area contributed by atoms with Gasteiger partial charge in [-0.3, -0.25) is 14.9 Å². The molecule has 2 heterocycles. The van der Waals surface area contributed by atoms with Crippen molar-refractivity contribution in [1.82, 2.24) is 10.3 Å². The lowest BCUT2D eigenvalue weighted by atomic mass is 10.1. The summed E-state index contributed by atoms with van der Waals surface area (Å²) in [5, 5.41) is 24.6. The van der Waals surface area contributed by atoms with Crippen molar-refractivity contribution in [1.29, 1.82) is 0 Å². The summed E-state index contributed by atoms with van der Waals surface area (Å²) in [6, 6.07) is 18.1. The molecule has 4 aromatic rings. The van der Waals surface area contributed by atoms with Gasteiger partial charge in [0.2, 0.25) is 0 Å². The van der Waals surface area contributed by atoms with Gasteiger partial charge >= 0.3 is 0 Å². The molecule has 0 fully saturated rings. The molecule has 0 bridgehead atoms. The van der Waals surface area contributed by atoms with Crippen molar-refractivity contribution in [2.24, 2.45) is 0 Å². The molecule has 2 N–H and O–H groups in total. The molecule has 4 rings (SSSR count). The second kappa shape index (κ2) is 8.37. The molecule has 31 heavy (non-hydrogen) atoms. The van der Waals surface area contributed by atoms with Gasteiger partial charge in [0.05, 0.1) is 22.1 Å². The normalized spacial score (nSPS) is 11.9. The molecule has 1 atom stereocenters. The minimum absolute atomic E-state index is 0.0531. The summed E-state index contributed by atoms with van der Waals surface area (Å²) >= 11 is 0. The molecule has 0 radical (unpaired) electrons. The molecule has 0 saturated carbocycles. The van der Waals surface area contributed by atoms with Gasteiger partial charge in [-0.25, -0.2) is 4.98 Å². The van der Waals surface area contributed by atoms with Gasteiger partial charge in [0.15, 0.2) is 5.76 Å². The number of carbonyl (C=O) groups is 1. The Balaban J connectivity index is 1.57. The van der Waals surface area contributed by atoms with Crippen LogP contribution in [0.3, 0.4) is 0 Å². The number of aryl methyl sites for hydroxylation is 1. The van der Waals surface area contributed by atoms with Crippen LogP contribution in [0.5, 0.6) is 0 Å². The van der Waals surface area contributed by atoms with E-state index in [9.17, 15) is 20.0 Å². The van der Waals surface area contributed by atoms with Crippen LogP contribution in [0.15, 0.2) is 71.1 Å². The zero-order valence-corrected chi connectivity index (χ0v) is 16.6. The molecule has 0 aliphatic heterocycles. The van der Waals surface area contributed by atoms with Crippen LogP contribution < -0.4 is 5.32 Å². The van der Waals surface area contributed by atoms with Gasteiger partial charge in [0.25, 0.3) is 11.6 Å². The molecule has 0 aliphatic carbocycles. The second-order valence-corrected chi connectivity index (χ2v) is 7.06. The monoisotopic (exact) mass is 417 g/mol. The number of nitro benzene ring substituents is 1. The first-order chi connectivity index (χ1) is 14.9. The number of hydrogen-bond donors (Lipinski definition) is 2. The van der Waals surface area contributed by atoms with Crippen LogP contribution in [0.2, 0.25) is 0 Å². The summed E-state index contributed by atoms with van der Waals surface area (Å²) in [5.41, 5.74) is 2.00. The molecule has 0 spiro atoms. The number of rotatable bonds is 6. The summed E-state index contributed by atoms with van der Waals surface area (Å²) in [6.07, 6.45) is -1.01. The summed E-state index contributed by atoms with van der Waals surface area (Å²) in [6.45, 7) is 1.78. The van der Waals surface area contributed by atoms with Gasteiger partial charge in [0, 0.05) is 24.1 Å². The van der Waals surface area contributed by atoms with Gasteiger partial charge in [-0.1, -0.05) is 18.2 Å². The summed E-state index contributed by atoms with van der Waals surface area (Å²) in [5.74, 6) is 0.925. The van der Waals surface area contributed by atoms with Crippen LogP contribution in [0.1, 0.15) is 27.8 Å². The second-order valence-electron chi connectivity index (χ2n) is 7.06. The van der Waals surface area contributed by atoms with Crippen LogP contribution in [-0.2, 0) is 0 Å². The number of pyridine rings is 1. The molecule has 1 amide bonds. The van der Waals surface area contributed by atoms with Crippen molar-refractivity contribution in [2.45, 2.75) is 13.0 Å². The Kier molecular flexibility index (Phi) is 5.46. The quantitative estimate of drug-likeness (QED) is 0.359. The number of aromatic nitrogens is 1. The van der Waals surface area contributed by atoms with Gasteiger partial charge in [0.1, 0.15) is 11.5 Å². The molecule has 0 saturated heterocycles. The fraction of sp³-hybridized carbons (Fsp3) is 0.130. The highest BCUT2D eigenvalue weighted by molar-refractivity contribution is 6.07. The topological polar surface area (TPSA) is 118 Å². The fourth-order valence-corrected chi connectivity index (χ4v) is 3.28. The number of nitrogens with one attached hydrogen (secondary N) is 1. The fourth-order valence-electron chi connectivity index (χ4n) is 3.28. The number of fused-ring (bicyclic) bond motifs is 1. The zero-order valence-electron chi connectivity index (χ0n) is 16.6. The lowest BCUT2D eigenvalue weighted by Gasteiger charge is -2.13. The minimum Gasteiger partial charge on any atom is -0.460 e. The summed E-state index contributed by atoms with van der Waals surface area (Å²) < 4.78 is 5.65. The largest absolute Gasteiger partial charge is 0.460 e. The number of carbonyl (C=O) groups excluding carboxylic acids is 1. The zero-order chi connectivity index (χ0) is 22.0. The maximum Gasteiger partial charge on any atom is 0.269 e. The Morgan fingerprint density at radius 2 is 1.90 bits per heavy atom.